The first kappa shape index (κ1) is 21.6. The molecule has 1 aliphatic heterocycles. The third kappa shape index (κ3) is 6.16. The average molecular weight is 406 g/mol. The zero-order valence-electron chi connectivity index (χ0n) is 17.5. The van der Waals surface area contributed by atoms with Crippen molar-refractivity contribution < 1.29 is 18.7 Å². The molecule has 2 fully saturated rings. The van der Waals surface area contributed by atoms with Gasteiger partial charge in [-0.2, -0.15) is 0 Å². The van der Waals surface area contributed by atoms with Crippen LogP contribution in [0.1, 0.15) is 32.6 Å². The molecule has 0 N–H and O–H groups in total. The van der Waals surface area contributed by atoms with Crippen molar-refractivity contribution in [3.63, 3.8) is 0 Å². The Morgan fingerprint density at radius 1 is 1.07 bits per heavy atom. The largest absolute Gasteiger partial charge is 0.484 e. The van der Waals surface area contributed by atoms with Gasteiger partial charge in [-0.05, 0) is 55.9 Å². The van der Waals surface area contributed by atoms with Crippen molar-refractivity contribution in [2.75, 3.05) is 46.4 Å². The van der Waals surface area contributed by atoms with E-state index in [2.05, 4.69) is 11.8 Å². The van der Waals surface area contributed by atoms with Crippen molar-refractivity contribution in [2.45, 2.75) is 38.6 Å². The zero-order chi connectivity index (χ0) is 20.8. The van der Waals surface area contributed by atoms with Crippen molar-refractivity contribution in [3.05, 3.63) is 30.1 Å². The van der Waals surface area contributed by atoms with Gasteiger partial charge < -0.3 is 14.5 Å². The van der Waals surface area contributed by atoms with E-state index in [1.54, 1.807) is 4.90 Å². The van der Waals surface area contributed by atoms with Crippen LogP contribution in [0.25, 0.3) is 0 Å². The standard InChI is InChI=1S/C22H32FN3O3/c1-17-3-7-19(8-4-17)24(2)21(27)15-25-11-13-26(14-12-25)22(28)16-29-20-9-5-18(23)6-10-20/h5-6,9-10,17,19H,3-4,7-8,11-16H2,1-2H3. The Kier molecular flexibility index (Phi) is 7.47. The van der Waals surface area contributed by atoms with Crippen LogP contribution in [-0.4, -0.2) is 78.9 Å². The first-order valence-corrected chi connectivity index (χ1v) is 10.6. The van der Waals surface area contributed by atoms with Crippen LogP contribution in [0.4, 0.5) is 4.39 Å². The molecule has 0 atom stereocenters. The van der Waals surface area contributed by atoms with Gasteiger partial charge in [-0.15, -0.1) is 0 Å². The average Bonchev–Trinajstić information content (AvgIpc) is 2.73. The fraction of sp³-hybridized carbons (Fsp3) is 0.636. The molecule has 0 radical (unpaired) electrons. The Morgan fingerprint density at radius 2 is 1.69 bits per heavy atom. The summed E-state index contributed by atoms with van der Waals surface area (Å²) in [4.78, 5) is 30.8. The van der Waals surface area contributed by atoms with Gasteiger partial charge in [0.2, 0.25) is 5.91 Å². The summed E-state index contributed by atoms with van der Waals surface area (Å²) in [5.41, 5.74) is 0. The van der Waals surface area contributed by atoms with Crippen LogP contribution in [0.15, 0.2) is 24.3 Å². The highest BCUT2D eigenvalue weighted by molar-refractivity contribution is 5.79. The van der Waals surface area contributed by atoms with Crippen LogP contribution in [0.5, 0.6) is 5.75 Å². The van der Waals surface area contributed by atoms with Crippen molar-refractivity contribution in [3.8, 4) is 5.75 Å². The first-order valence-electron chi connectivity index (χ1n) is 10.6. The predicted octanol–water partition coefficient (Wildman–Crippen LogP) is 2.39. The maximum atomic E-state index is 12.9. The summed E-state index contributed by atoms with van der Waals surface area (Å²) in [5.74, 6) is 0.993. The monoisotopic (exact) mass is 405 g/mol. The van der Waals surface area contributed by atoms with Gasteiger partial charge in [0.05, 0.1) is 6.54 Å². The van der Waals surface area contributed by atoms with Gasteiger partial charge in [0.15, 0.2) is 6.61 Å². The number of ether oxygens (including phenoxy) is 1. The molecule has 1 saturated carbocycles. The zero-order valence-corrected chi connectivity index (χ0v) is 17.5. The van der Waals surface area contributed by atoms with E-state index in [1.165, 1.54) is 37.1 Å². The number of rotatable bonds is 6. The molecule has 0 aromatic heterocycles. The van der Waals surface area contributed by atoms with E-state index >= 15 is 0 Å². The highest BCUT2D eigenvalue weighted by atomic mass is 19.1. The molecule has 1 aromatic carbocycles. The van der Waals surface area contributed by atoms with E-state index in [1.807, 2.05) is 11.9 Å². The molecule has 1 aliphatic carbocycles. The summed E-state index contributed by atoms with van der Waals surface area (Å²) in [7, 11) is 1.93. The number of nitrogens with zero attached hydrogens (tertiary/aromatic N) is 3. The van der Waals surface area contributed by atoms with E-state index < -0.39 is 0 Å². The van der Waals surface area contributed by atoms with Crippen molar-refractivity contribution in [1.29, 1.82) is 0 Å². The fourth-order valence-corrected chi connectivity index (χ4v) is 4.06. The molecule has 7 heteroatoms. The molecule has 0 spiro atoms. The van der Waals surface area contributed by atoms with Gasteiger partial charge in [0.25, 0.3) is 5.91 Å². The molecule has 160 valence electrons. The molecular formula is C22H32FN3O3. The van der Waals surface area contributed by atoms with Gasteiger partial charge in [-0.3, -0.25) is 14.5 Å². The second kappa shape index (κ2) is 10.1. The molecule has 0 unspecified atom stereocenters. The quantitative estimate of drug-likeness (QED) is 0.729. The minimum atomic E-state index is -0.335. The van der Waals surface area contributed by atoms with Crippen LogP contribution >= 0.6 is 0 Å². The SMILES string of the molecule is CC1CCC(N(C)C(=O)CN2CCN(C(=O)COc3ccc(F)cc3)CC2)CC1. The Bertz CT molecular complexity index is 681. The topological polar surface area (TPSA) is 53.1 Å². The summed E-state index contributed by atoms with van der Waals surface area (Å²) in [6.07, 6.45) is 4.59. The maximum absolute atomic E-state index is 12.9. The lowest BCUT2D eigenvalue weighted by atomic mass is 9.87. The first-order chi connectivity index (χ1) is 13.9. The van der Waals surface area contributed by atoms with E-state index in [-0.39, 0.29) is 24.2 Å². The molecule has 3 rings (SSSR count). The smallest absolute Gasteiger partial charge is 0.260 e. The third-order valence-electron chi connectivity index (χ3n) is 6.19. The van der Waals surface area contributed by atoms with Crippen molar-refractivity contribution in [2.24, 2.45) is 5.92 Å². The van der Waals surface area contributed by atoms with E-state index in [0.717, 1.165) is 18.8 Å². The Morgan fingerprint density at radius 3 is 2.31 bits per heavy atom. The lowest BCUT2D eigenvalue weighted by Gasteiger charge is -2.37. The number of halogens is 1. The summed E-state index contributed by atoms with van der Waals surface area (Å²) in [6, 6.07) is 6.00. The summed E-state index contributed by atoms with van der Waals surface area (Å²) >= 11 is 0. The molecule has 0 bridgehead atoms. The van der Waals surface area contributed by atoms with E-state index in [4.69, 9.17) is 4.74 Å². The minimum Gasteiger partial charge on any atom is -0.484 e. The summed E-state index contributed by atoms with van der Waals surface area (Å²) < 4.78 is 18.4. The molecule has 2 amide bonds. The van der Waals surface area contributed by atoms with Crippen LogP contribution < -0.4 is 4.74 Å². The molecule has 29 heavy (non-hydrogen) atoms. The molecule has 2 aliphatic rings. The molecule has 6 nitrogen and oxygen atoms in total. The number of hydrogen-bond acceptors (Lipinski definition) is 4. The second-order valence-corrected chi connectivity index (χ2v) is 8.32. The lowest BCUT2D eigenvalue weighted by Crippen LogP contribution is -2.53. The Labute approximate surface area is 172 Å². The normalized spacial score (nSPS) is 22.9. The van der Waals surface area contributed by atoms with Crippen molar-refractivity contribution in [1.82, 2.24) is 14.7 Å². The Hall–Kier alpha value is -2.15. The van der Waals surface area contributed by atoms with Crippen LogP contribution in [-0.2, 0) is 9.59 Å². The van der Waals surface area contributed by atoms with Crippen LogP contribution in [0, 0.1) is 11.7 Å². The van der Waals surface area contributed by atoms with Crippen LogP contribution in [0.3, 0.4) is 0 Å². The Balaban J connectivity index is 1.37. The van der Waals surface area contributed by atoms with Crippen molar-refractivity contribution >= 4 is 11.8 Å². The van der Waals surface area contributed by atoms with Gasteiger partial charge in [-0.1, -0.05) is 6.92 Å². The molecular weight excluding hydrogens is 373 g/mol. The number of likely N-dealkylation sites (N-methyl/N-ethyl adjacent to an activating group) is 1. The second-order valence-electron chi connectivity index (χ2n) is 8.32. The van der Waals surface area contributed by atoms with E-state index in [9.17, 15) is 14.0 Å². The minimum absolute atomic E-state index is 0.0621. The highest BCUT2D eigenvalue weighted by Crippen LogP contribution is 2.26. The fourth-order valence-electron chi connectivity index (χ4n) is 4.06. The van der Waals surface area contributed by atoms with Gasteiger partial charge in [0, 0.05) is 39.3 Å². The van der Waals surface area contributed by atoms with E-state index in [0.29, 0.717) is 44.5 Å². The lowest BCUT2D eigenvalue weighted by molar-refractivity contribution is -0.137. The maximum Gasteiger partial charge on any atom is 0.260 e. The number of carbonyl (C=O) groups excluding carboxylic acids is 2. The number of amides is 2. The predicted molar refractivity (Wildman–Crippen MR) is 109 cm³/mol. The summed E-state index contributed by atoms with van der Waals surface area (Å²) in [5, 5.41) is 0. The molecule has 1 saturated heterocycles. The third-order valence-corrected chi connectivity index (χ3v) is 6.19. The number of benzene rings is 1. The molecule has 1 aromatic rings. The van der Waals surface area contributed by atoms with Gasteiger partial charge in [-0.25, -0.2) is 4.39 Å². The molecule has 1 heterocycles. The number of piperazine rings is 1. The number of carbonyl (C=O) groups is 2. The van der Waals surface area contributed by atoms with Gasteiger partial charge in [0.1, 0.15) is 11.6 Å². The number of hydrogen-bond donors (Lipinski definition) is 0. The van der Waals surface area contributed by atoms with Crippen LogP contribution in [0.2, 0.25) is 0 Å². The van der Waals surface area contributed by atoms with Gasteiger partial charge >= 0.3 is 0 Å². The highest BCUT2D eigenvalue weighted by Gasteiger charge is 2.27. The summed E-state index contributed by atoms with van der Waals surface area (Å²) in [6.45, 7) is 5.17.